The predicted molar refractivity (Wildman–Crippen MR) is 123 cm³/mol. The summed E-state index contributed by atoms with van der Waals surface area (Å²) in [6, 6.07) is 12.2. The van der Waals surface area contributed by atoms with Crippen molar-refractivity contribution in [2.75, 3.05) is 4.72 Å². The number of halogens is 2. The average Bonchev–Trinajstić information content (AvgIpc) is 2.75. The number of alkyl halides is 1. The van der Waals surface area contributed by atoms with Crippen LogP contribution in [0.5, 0.6) is 5.75 Å². The Bertz CT molecular complexity index is 1260. The summed E-state index contributed by atoms with van der Waals surface area (Å²) < 4.78 is 48.0. The maximum Gasteiger partial charge on any atom is 0.335 e. The summed E-state index contributed by atoms with van der Waals surface area (Å²) in [6.45, 7) is 3.10. The third-order valence-corrected chi connectivity index (χ3v) is 6.48. The van der Waals surface area contributed by atoms with E-state index < -0.39 is 22.2 Å². The number of nitrogens with one attached hydrogen (secondary N) is 1. The van der Waals surface area contributed by atoms with Gasteiger partial charge in [0.2, 0.25) is 0 Å². The van der Waals surface area contributed by atoms with Crippen LogP contribution in [0.1, 0.15) is 34.0 Å². The topological polar surface area (TPSA) is 106 Å². The van der Waals surface area contributed by atoms with Gasteiger partial charge < -0.3 is 9.84 Å². The van der Waals surface area contributed by atoms with E-state index in [9.17, 15) is 17.6 Å². The van der Waals surface area contributed by atoms with E-state index in [4.69, 9.17) is 21.4 Å². The molecule has 0 aliphatic heterocycles. The van der Waals surface area contributed by atoms with E-state index in [-0.39, 0.29) is 40.6 Å². The fourth-order valence-corrected chi connectivity index (χ4v) is 4.48. The zero-order valence-corrected chi connectivity index (χ0v) is 19.5. The van der Waals surface area contributed by atoms with Crippen LogP contribution in [0.15, 0.2) is 59.8 Å². The van der Waals surface area contributed by atoms with Gasteiger partial charge in [-0.25, -0.2) is 14.2 Å². The van der Waals surface area contributed by atoms with Gasteiger partial charge in [0.15, 0.2) is 5.03 Å². The smallest absolute Gasteiger partial charge is 0.335 e. The summed E-state index contributed by atoms with van der Waals surface area (Å²) >= 11 is 6.22. The first-order chi connectivity index (χ1) is 15.6. The van der Waals surface area contributed by atoms with Crippen molar-refractivity contribution in [3.8, 4) is 5.75 Å². The molecule has 0 aliphatic carbocycles. The van der Waals surface area contributed by atoms with E-state index in [0.717, 1.165) is 0 Å². The Balaban J connectivity index is 1.89. The third kappa shape index (κ3) is 6.21. The Kier molecular flexibility index (Phi) is 7.55. The molecule has 174 valence electrons. The molecule has 0 radical (unpaired) electrons. The SMILES string of the molecule is Cc1cc(NS(=O)(=O)c2ncccc2C[C@H](C)F)c(OCc2ccc(C(=O)O)cc2)cc1Cl. The molecule has 0 saturated heterocycles. The lowest BCUT2D eigenvalue weighted by atomic mass is 10.1. The molecule has 0 bridgehead atoms. The van der Waals surface area contributed by atoms with Crippen LogP contribution in [-0.2, 0) is 23.1 Å². The molecule has 1 atom stereocenters. The number of carboxylic acids is 1. The number of carboxylic acid groups (broad SMARTS) is 1. The van der Waals surface area contributed by atoms with Gasteiger partial charge in [0, 0.05) is 23.7 Å². The van der Waals surface area contributed by atoms with Crippen LogP contribution in [0.4, 0.5) is 10.1 Å². The van der Waals surface area contributed by atoms with Crippen LogP contribution in [0.25, 0.3) is 0 Å². The Morgan fingerprint density at radius 3 is 2.58 bits per heavy atom. The number of hydrogen-bond acceptors (Lipinski definition) is 5. The first kappa shape index (κ1) is 24.5. The third-order valence-electron chi connectivity index (χ3n) is 4.71. The number of aromatic carboxylic acids is 1. The molecule has 1 heterocycles. The van der Waals surface area contributed by atoms with Crippen molar-refractivity contribution < 1.29 is 27.4 Å². The molecule has 33 heavy (non-hydrogen) atoms. The van der Waals surface area contributed by atoms with Crippen molar-refractivity contribution in [2.45, 2.75) is 38.1 Å². The van der Waals surface area contributed by atoms with Crippen molar-refractivity contribution in [1.82, 2.24) is 4.98 Å². The highest BCUT2D eigenvalue weighted by atomic mass is 35.5. The van der Waals surface area contributed by atoms with Crippen molar-refractivity contribution in [3.63, 3.8) is 0 Å². The maximum absolute atomic E-state index is 13.6. The van der Waals surface area contributed by atoms with Crippen LogP contribution in [-0.4, -0.2) is 30.6 Å². The summed E-state index contributed by atoms with van der Waals surface area (Å²) in [5.74, 6) is -0.867. The van der Waals surface area contributed by atoms with E-state index in [0.29, 0.717) is 16.1 Å². The van der Waals surface area contributed by atoms with Crippen LogP contribution < -0.4 is 9.46 Å². The van der Waals surface area contributed by atoms with Gasteiger partial charge in [-0.2, -0.15) is 8.42 Å². The molecule has 0 spiro atoms. The van der Waals surface area contributed by atoms with Gasteiger partial charge in [-0.05, 0) is 54.8 Å². The van der Waals surface area contributed by atoms with Crippen molar-refractivity contribution in [1.29, 1.82) is 0 Å². The van der Waals surface area contributed by atoms with Gasteiger partial charge in [0.25, 0.3) is 10.0 Å². The molecule has 0 aliphatic rings. The molecule has 2 N–H and O–H groups in total. The second-order valence-corrected chi connectivity index (χ2v) is 9.45. The summed E-state index contributed by atoms with van der Waals surface area (Å²) in [5.41, 5.74) is 1.83. The number of rotatable bonds is 9. The van der Waals surface area contributed by atoms with Crippen LogP contribution in [0, 0.1) is 6.92 Å². The quantitative estimate of drug-likeness (QED) is 0.434. The molecule has 3 rings (SSSR count). The minimum absolute atomic E-state index is 0.0439. The highest BCUT2D eigenvalue weighted by Gasteiger charge is 2.23. The maximum atomic E-state index is 13.6. The van der Waals surface area contributed by atoms with Gasteiger partial charge >= 0.3 is 5.97 Å². The standard InChI is InChI=1S/C23H22ClFN2O5S/c1-14-10-20(27-33(30,31)22-18(11-15(2)25)4-3-9-26-22)21(12-19(14)24)32-13-16-5-7-17(8-6-16)23(28)29/h3-10,12,15,27H,11,13H2,1-2H3,(H,28,29)/t15-/m0/s1. The predicted octanol–water partition coefficient (Wildman–Crippen LogP) is 5.02. The number of aromatic nitrogens is 1. The Hall–Kier alpha value is -3.17. The summed E-state index contributed by atoms with van der Waals surface area (Å²) in [5, 5.41) is 9.12. The number of hydrogen-bond donors (Lipinski definition) is 2. The first-order valence-electron chi connectivity index (χ1n) is 9.93. The summed E-state index contributed by atoms with van der Waals surface area (Å²) in [7, 11) is -4.16. The number of ether oxygens (including phenoxy) is 1. The number of benzene rings is 2. The molecular weight excluding hydrogens is 471 g/mol. The number of anilines is 1. The van der Waals surface area contributed by atoms with E-state index in [1.165, 1.54) is 43.5 Å². The van der Waals surface area contributed by atoms with E-state index in [1.54, 1.807) is 25.1 Å². The van der Waals surface area contributed by atoms with Gasteiger partial charge in [-0.3, -0.25) is 4.72 Å². The fraction of sp³-hybridized carbons (Fsp3) is 0.217. The highest BCUT2D eigenvalue weighted by Crippen LogP contribution is 2.33. The molecular formula is C23H22ClFN2O5S. The van der Waals surface area contributed by atoms with Crippen molar-refractivity contribution in [2.24, 2.45) is 0 Å². The van der Waals surface area contributed by atoms with Crippen LogP contribution >= 0.6 is 11.6 Å². The Morgan fingerprint density at radius 1 is 1.24 bits per heavy atom. The second-order valence-electron chi connectivity index (χ2n) is 7.45. The zero-order chi connectivity index (χ0) is 24.2. The van der Waals surface area contributed by atoms with Gasteiger partial charge in [0.05, 0.1) is 11.3 Å². The summed E-state index contributed by atoms with van der Waals surface area (Å²) in [4.78, 5) is 15.0. The lowest BCUT2D eigenvalue weighted by Crippen LogP contribution is -2.18. The molecule has 1 aromatic heterocycles. The van der Waals surface area contributed by atoms with Gasteiger partial charge in [-0.1, -0.05) is 29.8 Å². The average molecular weight is 493 g/mol. The van der Waals surface area contributed by atoms with E-state index in [2.05, 4.69) is 9.71 Å². The highest BCUT2D eigenvalue weighted by molar-refractivity contribution is 7.92. The summed E-state index contributed by atoms with van der Waals surface area (Å²) in [6.07, 6.45) is -0.0153. The van der Waals surface area contributed by atoms with Crippen molar-refractivity contribution >= 4 is 33.3 Å². The van der Waals surface area contributed by atoms with Gasteiger partial charge in [0.1, 0.15) is 18.5 Å². The number of nitrogens with zero attached hydrogens (tertiary/aromatic N) is 1. The largest absolute Gasteiger partial charge is 0.487 e. The molecule has 3 aromatic rings. The number of pyridine rings is 1. The van der Waals surface area contributed by atoms with Gasteiger partial charge in [-0.15, -0.1) is 0 Å². The molecule has 0 amide bonds. The first-order valence-corrected chi connectivity index (χ1v) is 11.8. The lowest BCUT2D eigenvalue weighted by Gasteiger charge is -2.16. The van der Waals surface area contributed by atoms with E-state index in [1.807, 2.05) is 0 Å². The number of sulfonamides is 1. The zero-order valence-electron chi connectivity index (χ0n) is 17.9. The van der Waals surface area contributed by atoms with Crippen LogP contribution in [0.2, 0.25) is 5.02 Å². The monoisotopic (exact) mass is 492 g/mol. The minimum atomic E-state index is -4.16. The Morgan fingerprint density at radius 2 is 1.94 bits per heavy atom. The van der Waals surface area contributed by atoms with Crippen molar-refractivity contribution in [3.05, 3.63) is 82.0 Å². The normalized spacial score (nSPS) is 12.2. The molecule has 7 nitrogen and oxygen atoms in total. The number of carbonyl (C=O) groups is 1. The van der Waals surface area contributed by atoms with Crippen LogP contribution in [0.3, 0.4) is 0 Å². The molecule has 10 heteroatoms. The lowest BCUT2D eigenvalue weighted by molar-refractivity contribution is 0.0696. The van der Waals surface area contributed by atoms with E-state index >= 15 is 0 Å². The fourth-order valence-electron chi connectivity index (χ4n) is 3.08. The molecule has 0 saturated carbocycles. The second kappa shape index (κ2) is 10.2. The molecule has 2 aromatic carbocycles. The molecule has 0 fully saturated rings. The molecule has 0 unspecified atom stereocenters. The number of aryl methyl sites for hydroxylation is 1. The Labute approximate surface area is 196 Å². The minimum Gasteiger partial charge on any atom is -0.487 e.